The summed E-state index contributed by atoms with van der Waals surface area (Å²) in [5.41, 5.74) is 6.16. The van der Waals surface area contributed by atoms with Gasteiger partial charge < -0.3 is 28.9 Å². The van der Waals surface area contributed by atoms with E-state index in [1.807, 2.05) is 0 Å². The maximum atomic E-state index is 2.24. The number of aryl methyl sites for hydroxylation is 2. The number of rotatable bonds is 3. The van der Waals surface area contributed by atoms with Crippen LogP contribution in [0.5, 0.6) is 0 Å². The van der Waals surface area contributed by atoms with E-state index < -0.39 is 0 Å². The zero-order chi connectivity index (χ0) is 16.4. The van der Waals surface area contributed by atoms with Crippen LogP contribution in [0.3, 0.4) is 0 Å². The summed E-state index contributed by atoms with van der Waals surface area (Å²) in [6.07, 6.45) is 4.34. The molecule has 3 aromatic rings. The van der Waals surface area contributed by atoms with Gasteiger partial charge in [-0.25, -0.2) is 0 Å². The van der Waals surface area contributed by atoms with Crippen molar-refractivity contribution in [3.05, 3.63) is 71.4 Å². The lowest BCUT2D eigenvalue weighted by atomic mass is 10.1. The molecule has 124 valence electrons. The molecule has 0 aliphatic rings. The molecular formula is C21H23IN2. The second-order valence-electron chi connectivity index (χ2n) is 6.20. The molecule has 1 heterocycles. The van der Waals surface area contributed by atoms with Crippen molar-refractivity contribution in [2.45, 2.75) is 6.92 Å². The van der Waals surface area contributed by atoms with E-state index in [0.717, 1.165) is 0 Å². The van der Waals surface area contributed by atoms with Crippen LogP contribution in [0.4, 0.5) is 5.69 Å². The van der Waals surface area contributed by atoms with Crippen molar-refractivity contribution in [1.29, 1.82) is 0 Å². The molecule has 2 aromatic carbocycles. The fourth-order valence-corrected chi connectivity index (χ4v) is 2.74. The summed E-state index contributed by atoms with van der Waals surface area (Å²) in [5, 5.41) is 1.27. The Balaban J connectivity index is 0.00000208. The van der Waals surface area contributed by atoms with Gasteiger partial charge in [0, 0.05) is 43.4 Å². The van der Waals surface area contributed by atoms with Gasteiger partial charge in [-0.3, -0.25) is 0 Å². The maximum Gasteiger partial charge on any atom is 0.212 e. The first kappa shape index (κ1) is 18.5. The van der Waals surface area contributed by atoms with E-state index in [1.165, 1.54) is 33.4 Å². The van der Waals surface area contributed by atoms with Gasteiger partial charge in [-0.2, -0.15) is 4.57 Å². The van der Waals surface area contributed by atoms with Gasteiger partial charge in [0.15, 0.2) is 0 Å². The van der Waals surface area contributed by atoms with E-state index in [-0.39, 0.29) is 24.0 Å². The molecule has 0 radical (unpaired) electrons. The minimum Gasteiger partial charge on any atom is -1.00 e. The third-order valence-electron chi connectivity index (χ3n) is 4.22. The monoisotopic (exact) mass is 430 g/mol. The molecule has 0 amide bonds. The molecule has 0 unspecified atom stereocenters. The first-order valence-corrected chi connectivity index (χ1v) is 7.89. The summed E-state index contributed by atoms with van der Waals surface area (Å²) in [7, 11) is 6.24. The fraction of sp³-hybridized carbons (Fsp3) is 0.190. The Bertz CT molecular complexity index is 865. The van der Waals surface area contributed by atoms with E-state index in [0.29, 0.717) is 0 Å². The number of anilines is 1. The Kier molecular flexibility index (Phi) is 5.99. The highest BCUT2D eigenvalue weighted by Crippen LogP contribution is 2.16. The number of pyridine rings is 1. The van der Waals surface area contributed by atoms with Crippen LogP contribution in [0, 0.1) is 6.92 Å². The predicted molar refractivity (Wildman–Crippen MR) is 99.6 cm³/mol. The van der Waals surface area contributed by atoms with Crippen LogP contribution in [-0.4, -0.2) is 14.1 Å². The Morgan fingerprint density at radius 1 is 0.875 bits per heavy atom. The van der Waals surface area contributed by atoms with Crippen molar-refractivity contribution in [3.63, 3.8) is 0 Å². The summed E-state index contributed by atoms with van der Waals surface area (Å²) < 4.78 is 2.24. The van der Waals surface area contributed by atoms with Crippen molar-refractivity contribution < 1.29 is 28.5 Å². The van der Waals surface area contributed by atoms with Crippen LogP contribution in [0.2, 0.25) is 0 Å². The first-order chi connectivity index (χ1) is 11.0. The zero-order valence-electron chi connectivity index (χ0n) is 14.6. The molecular weight excluding hydrogens is 407 g/mol. The van der Waals surface area contributed by atoms with Gasteiger partial charge in [-0.1, -0.05) is 18.2 Å². The van der Waals surface area contributed by atoms with Gasteiger partial charge in [-0.15, -0.1) is 0 Å². The molecule has 0 aliphatic carbocycles. The lowest BCUT2D eigenvalue weighted by Gasteiger charge is -2.11. The third kappa shape index (κ3) is 3.96. The fourth-order valence-electron chi connectivity index (χ4n) is 2.74. The van der Waals surface area contributed by atoms with Crippen LogP contribution in [-0.2, 0) is 7.05 Å². The van der Waals surface area contributed by atoms with Crippen molar-refractivity contribution in [2.75, 3.05) is 19.0 Å². The number of benzene rings is 2. The average molecular weight is 430 g/mol. The van der Waals surface area contributed by atoms with E-state index in [1.54, 1.807) is 0 Å². The number of hydrogen-bond acceptors (Lipinski definition) is 1. The molecule has 0 N–H and O–H groups in total. The summed E-state index contributed by atoms with van der Waals surface area (Å²) in [4.78, 5) is 2.11. The van der Waals surface area contributed by atoms with Gasteiger partial charge in [0.2, 0.25) is 11.2 Å². The molecule has 0 saturated heterocycles. The van der Waals surface area contributed by atoms with E-state index >= 15 is 0 Å². The molecule has 0 spiro atoms. The van der Waals surface area contributed by atoms with Crippen LogP contribution < -0.4 is 33.4 Å². The van der Waals surface area contributed by atoms with Gasteiger partial charge in [0.05, 0.1) is 0 Å². The van der Waals surface area contributed by atoms with Crippen LogP contribution in [0.15, 0.2) is 54.6 Å². The number of nitrogens with zero attached hydrogens (tertiary/aromatic N) is 2. The lowest BCUT2D eigenvalue weighted by molar-refractivity contribution is -0.646. The highest BCUT2D eigenvalue weighted by atomic mass is 127. The molecule has 0 fully saturated rings. The summed E-state index contributed by atoms with van der Waals surface area (Å²) in [6, 6.07) is 19.5. The van der Waals surface area contributed by atoms with Gasteiger partial charge >= 0.3 is 0 Å². The van der Waals surface area contributed by atoms with E-state index in [2.05, 4.69) is 104 Å². The molecule has 3 heteroatoms. The Morgan fingerprint density at radius 3 is 2.21 bits per heavy atom. The number of hydrogen-bond donors (Lipinski definition) is 0. The van der Waals surface area contributed by atoms with Crippen LogP contribution >= 0.6 is 0 Å². The van der Waals surface area contributed by atoms with Crippen LogP contribution in [0.1, 0.15) is 16.8 Å². The van der Waals surface area contributed by atoms with Crippen molar-refractivity contribution in [1.82, 2.24) is 0 Å². The minimum atomic E-state index is 0. The van der Waals surface area contributed by atoms with Crippen LogP contribution in [0.25, 0.3) is 23.1 Å². The molecule has 0 atom stereocenters. The highest BCUT2D eigenvalue weighted by molar-refractivity contribution is 5.78. The molecule has 0 bridgehead atoms. The number of halogens is 1. The summed E-state index contributed by atoms with van der Waals surface area (Å²) in [5.74, 6) is 0. The molecule has 1 aromatic heterocycles. The first-order valence-electron chi connectivity index (χ1n) is 7.89. The number of fused-ring (bicyclic) bond motifs is 1. The molecule has 2 nitrogen and oxygen atoms in total. The molecule has 0 saturated carbocycles. The molecule has 0 aliphatic heterocycles. The number of aromatic nitrogens is 1. The van der Waals surface area contributed by atoms with E-state index in [9.17, 15) is 0 Å². The molecule has 3 rings (SSSR count). The topological polar surface area (TPSA) is 7.12 Å². The van der Waals surface area contributed by atoms with Gasteiger partial charge in [-0.05, 0) is 48.4 Å². The smallest absolute Gasteiger partial charge is 0.212 e. The van der Waals surface area contributed by atoms with Gasteiger partial charge in [0.25, 0.3) is 0 Å². The van der Waals surface area contributed by atoms with Crippen molar-refractivity contribution in [3.8, 4) is 0 Å². The lowest BCUT2D eigenvalue weighted by Crippen LogP contribution is -3.00. The third-order valence-corrected chi connectivity index (χ3v) is 4.22. The SMILES string of the molecule is Cc1ccc2ccc(/C=C/c3ccc(N(C)C)cc3)[n+](C)c2c1.[I-]. The zero-order valence-corrected chi connectivity index (χ0v) is 16.8. The largest absolute Gasteiger partial charge is 1.00 e. The normalized spacial score (nSPS) is 10.8. The van der Waals surface area contributed by atoms with Crippen molar-refractivity contribution >= 4 is 28.7 Å². The summed E-state index contributed by atoms with van der Waals surface area (Å²) >= 11 is 0. The quantitative estimate of drug-likeness (QED) is 0.448. The minimum absolute atomic E-state index is 0. The predicted octanol–water partition coefficient (Wildman–Crippen LogP) is 1.21. The maximum absolute atomic E-state index is 2.24. The second-order valence-corrected chi connectivity index (χ2v) is 6.20. The van der Waals surface area contributed by atoms with Crippen molar-refractivity contribution in [2.24, 2.45) is 7.05 Å². The Morgan fingerprint density at radius 2 is 1.54 bits per heavy atom. The van der Waals surface area contributed by atoms with Gasteiger partial charge in [0.1, 0.15) is 7.05 Å². The Labute approximate surface area is 161 Å². The molecule has 24 heavy (non-hydrogen) atoms. The summed E-state index contributed by atoms with van der Waals surface area (Å²) in [6.45, 7) is 2.13. The average Bonchev–Trinajstić information content (AvgIpc) is 2.55. The van der Waals surface area contributed by atoms with E-state index in [4.69, 9.17) is 0 Å². The second kappa shape index (κ2) is 7.79. The standard InChI is InChI=1S/C21H23N2.HI/c1-16-5-9-18-10-14-20(23(4)21(18)15-16)13-8-17-6-11-19(12-7-17)22(2)3;/h5-15H,1-4H3;1H/q+1;/p-1. The Hall–Kier alpha value is -1.88. The highest BCUT2D eigenvalue weighted by Gasteiger charge is 2.09.